The lowest BCUT2D eigenvalue weighted by atomic mass is 9.76. The van der Waals surface area contributed by atoms with Gasteiger partial charge in [-0.05, 0) is 79.9 Å². The van der Waals surface area contributed by atoms with Gasteiger partial charge in [0.2, 0.25) is 0 Å². The van der Waals surface area contributed by atoms with Gasteiger partial charge in [-0.2, -0.15) is 0 Å². The Morgan fingerprint density at radius 3 is 1.71 bits per heavy atom. The maximum Gasteiger partial charge on any atom is 0.178 e. The summed E-state index contributed by atoms with van der Waals surface area (Å²) in [6, 6.07) is 27.3. The molecule has 5 aromatic carbocycles. The molecule has 0 atom stereocenters. The molecule has 0 unspecified atom stereocenters. The largest absolute Gasteiger partial charge is 0.472 e. The zero-order valence-corrected chi connectivity index (χ0v) is 27.4. The monoisotopic (exact) mass is 598 g/mol. The molecule has 0 saturated heterocycles. The highest BCUT2D eigenvalue weighted by atomic mass is 19.1. The minimum Gasteiger partial charge on any atom is -0.472 e. The van der Waals surface area contributed by atoms with E-state index in [-0.39, 0.29) is 22.5 Å². The third-order valence-electron chi connectivity index (χ3n) is 9.92. The standard InChI is InChI=1S/C42H40F2O/c1-39(2,3)25-9-13-27(14-10-25)42(28-15-11-26(12-16-28)40(4,5)6)22-21-33-37-36(31-19-17-29(43)23-34(31)38(33)45-42)32-20-18-30(44)24-35(32)41(37,7)8/h9-24H,1-8H3. The van der Waals surface area contributed by atoms with Crippen LogP contribution in [0.4, 0.5) is 8.78 Å². The van der Waals surface area contributed by atoms with Crippen LogP contribution in [0.3, 0.4) is 0 Å². The van der Waals surface area contributed by atoms with Crippen molar-refractivity contribution in [1.82, 2.24) is 0 Å². The summed E-state index contributed by atoms with van der Waals surface area (Å²) in [6.45, 7) is 17.5. The number of fused-ring (bicyclic) bond motifs is 8. The summed E-state index contributed by atoms with van der Waals surface area (Å²) < 4.78 is 37.0. The number of ether oxygens (including phenoxy) is 1. The average Bonchev–Trinajstić information content (AvgIpc) is 3.22. The predicted octanol–water partition coefficient (Wildman–Crippen LogP) is 11.4. The Morgan fingerprint density at radius 2 is 1.16 bits per heavy atom. The van der Waals surface area contributed by atoms with E-state index in [1.807, 2.05) is 12.1 Å². The van der Waals surface area contributed by atoms with Crippen molar-refractivity contribution in [2.45, 2.75) is 77.2 Å². The highest BCUT2D eigenvalue weighted by molar-refractivity contribution is 6.08. The second-order valence-corrected chi connectivity index (χ2v) is 15.3. The van der Waals surface area contributed by atoms with Gasteiger partial charge in [0.05, 0.1) is 0 Å². The number of halogens is 2. The van der Waals surface area contributed by atoms with E-state index in [2.05, 4.69) is 116 Å². The third kappa shape index (κ3) is 4.46. The number of rotatable bonds is 2. The quantitative estimate of drug-likeness (QED) is 0.196. The molecule has 0 spiro atoms. The van der Waals surface area contributed by atoms with Gasteiger partial charge < -0.3 is 4.74 Å². The smallest absolute Gasteiger partial charge is 0.178 e. The average molecular weight is 599 g/mol. The Morgan fingerprint density at radius 1 is 0.622 bits per heavy atom. The molecular formula is C42H40F2O. The van der Waals surface area contributed by atoms with Crippen LogP contribution in [-0.4, -0.2) is 0 Å². The lowest BCUT2D eigenvalue weighted by Crippen LogP contribution is -2.35. The van der Waals surface area contributed by atoms with Gasteiger partial charge in [0.25, 0.3) is 0 Å². The molecule has 1 aliphatic carbocycles. The molecule has 2 aliphatic rings. The van der Waals surface area contributed by atoms with Crippen molar-refractivity contribution in [1.29, 1.82) is 0 Å². The van der Waals surface area contributed by atoms with Gasteiger partial charge in [0.1, 0.15) is 17.4 Å². The van der Waals surface area contributed by atoms with Crippen LogP contribution >= 0.6 is 0 Å². The SMILES string of the molecule is CC(C)(C)c1ccc(C2(c3ccc(C(C)(C)C)cc3)C=Cc3c4c(c5ccc(F)cc5c3O2)-c2ccc(F)cc2C4(C)C)cc1. The van der Waals surface area contributed by atoms with Crippen LogP contribution in [0, 0.1) is 11.6 Å². The van der Waals surface area contributed by atoms with Crippen molar-refractivity contribution < 1.29 is 13.5 Å². The first kappa shape index (κ1) is 29.5. The van der Waals surface area contributed by atoms with E-state index in [0.29, 0.717) is 11.1 Å². The molecule has 3 heteroatoms. The first-order valence-corrected chi connectivity index (χ1v) is 15.8. The number of benzene rings is 5. The van der Waals surface area contributed by atoms with Crippen molar-refractivity contribution in [3.63, 3.8) is 0 Å². The lowest BCUT2D eigenvalue weighted by molar-refractivity contribution is 0.163. The molecule has 0 saturated carbocycles. The van der Waals surface area contributed by atoms with E-state index in [0.717, 1.165) is 44.3 Å². The van der Waals surface area contributed by atoms with Crippen molar-refractivity contribution in [3.05, 3.63) is 142 Å². The molecule has 0 bridgehead atoms. The Labute approximate surface area is 265 Å². The molecular weight excluding hydrogens is 558 g/mol. The molecule has 0 radical (unpaired) electrons. The van der Waals surface area contributed by atoms with E-state index in [4.69, 9.17) is 4.74 Å². The summed E-state index contributed by atoms with van der Waals surface area (Å²) in [7, 11) is 0. The normalized spacial score (nSPS) is 16.2. The fourth-order valence-corrected chi connectivity index (χ4v) is 7.34. The first-order valence-electron chi connectivity index (χ1n) is 15.8. The highest BCUT2D eigenvalue weighted by Gasteiger charge is 2.44. The minimum atomic E-state index is -0.949. The van der Waals surface area contributed by atoms with Crippen LogP contribution in [0.5, 0.6) is 5.75 Å². The van der Waals surface area contributed by atoms with E-state index in [9.17, 15) is 4.39 Å². The van der Waals surface area contributed by atoms with Gasteiger partial charge in [-0.3, -0.25) is 0 Å². The molecule has 0 N–H and O–H groups in total. The van der Waals surface area contributed by atoms with Crippen LogP contribution < -0.4 is 4.74 Å². The van der Waals surface area contributed by atoms with Crippen molar-refractivity contribution in [2.24, 2.45) is 0 Å². The van der Waals surface area contributed by atoms with Gasteiger partial charge in [-0.25, -0.2) is 8.78 Å². The first-order chi connectivity index (χ1) is 21.1. The molecule has 0 fully saturated rings. The fourth-order valence-electron chi connectivity index (χ4n) is 7.34. The summed E-state index contributed by atoms with van der Waals surface area (Å²) in [5, 5.41) is 1.61. The van der Waals surface area contributed by atoms with Crippen LogP contribution in [0.1, 0.15) is 94.3 Å². The van der Waals surface area contributed by atoms with Gasteiger partial charge in [0, 0.05) is 27.5 Å². The molecule has 5 aromatic rings. The number of hydrogen-bond acceptors (Lipinski definition) is 1. The van der Waals surface area contributed by atoms with E-state index in [1.54, 1.807) is 12.1 Å². The van der Waals surface area contributed by atoms with Gasteiger partial charge in [-0.1, -0.05) is 122 Å². The lowest BCUT2D eigenvalue weighted by Gasteiger charge is -2.39. The zero-order valence-electron chi connectivity index (χ0n) is 27.4. The maximum absolute atomic E-state index is 15.1. The molecule has 1 aliphatic heterocycles. The Balaban J connectivity index is 1.52. The van der Waals surface area contributed by atoms with E-state index in [1.165, 1.54) is 23.3 Å². The topological polar surface area (TPSA) is 9.23 Å². The van der Waals surface area contributed by atoms with E-state index >= 15 is 4.39 Å². The maximum atomic E-state index is 15.1. The Hall–Kier alpha value is -4.24. The molecule has 1 heterocycles. The second-order valence-electron chi connectivity index (χ2n) is 15.3. The Kier molecular flexibility index (Phi) is 6.31. The van der Waals surface area contributed by atoms with Crippen molar-refractivity contribution in [2.75, 3.05) is 0 Å². The Bertz CT molecular complexity index is 1960. The van der Waals surface area contributed by atoms with Crippen LogP contribution in [0.25, 0.3) is 28.0 Å². The van der Waals surface area contributed by atoms with Crippen LogP contribution in [0.2, 0.25) is 0 Å². The van der Waals surface area contributed by atoms with E-state index < -0.39 is 11.0 Å². The third-order valence-corrected chi connectivity index (χ3v) is 9.92. The summed E-state index contributed by atoms with van der Waals surface area (Å²) in [5.74, 6) is 0.0583. The number of hydrogen-bond donors (Lipinski definition) is 0. The zero-order chi connectivity index (χ0) is 32.1. The molecule has 0 amide bonds. The molecule has 1 nitrogen and oxygen atoms in total. The molecule has 7 rings (SSSR count). The highest BCUT2D eigenvalue weighted by Crippen LogP contribution is 2.58. The fraction of sp³-hybridized carbons (Fsp3) is 0.286. The van der Waals surface area contributed by atoms with Crippen LogP contribution in [0.15, 0.2) is 91.0 Å². The summed E-state index contributed by atoms with van der Waals surface area (Å²) in [4.78, 5) is 0. The molecule has 45 heavy (non-hydrogen) atoms. The van der Waals surface area contributed by atoms with Gasteiger partial charge in [-0.15, -0.1) is 0 Å². The van der Waals surface area contributed by atoms with Gasteiger partial charge in [0.15, 0.2) is 5.60 Å². The predicted molar refractivity (Wildman–Crippen MR) is 182 cm³/mol. The van der Waals surface area contributed by atoms with Gasteiger partial charge >= 0.3 is 0 Å². The van der Waals surface area contributed by atoms with Crippen molar-refractivity contribution >= 4 is 16.8 Å². The minimum absolute atomic E-state index is 0.00422. The van der Waals surface area contributed by atoms with Crippen LogP contribution in [-0.2, 0) is 21.8 Å². The molecule has 228 valence electrons. The molecule has 0 aromatic heterocycles. The van der Waals surface area contributed by atoms with Crippen molar-refractivity contribution in [3.8, 4) is 16.9 Å². The summed E-state index contributed by atoms with van der Waals surface area (Å²) in [6.07, 6.45) is 4.31. The summed E-state index contributed by atoms with van der Waals surface area (Å²) in [5.41, 5.74) is 7.96. The summed E-state index contributed by atoms with van der Waals surface area (Å²) >= 11 is 0. The second kappa shape index (κ2) is 9.63.